The lowest BCUT2D eigenvalue weighted by molar-refractivity contribution is -0.122. The molecule has 1 aliphatic carbocycles. The molecule has 26 heavy (non-hydrogen) atoms. The summed E-state index contributed by atoms with van der Waals surface area (Å²) in [4.78, 5) is 37.6. The van der Waals surface area contributed by atoms with Gasteiger partial charge in [-0.2, -0.15) is 0 Å². The molecule has 0 amide bonds. The second kappa shape index (κ2) is 7.61. The first kappa shape index (κ1) is 18.0. The summed E-state index contributed by atoms with van der Waals surface area (Å²) in [7, 11) is 0. The maximum absolute atomic E-state index is 13.0. The number of hydrogen-bond donors (Lipinski definition) is 0. The van der Waals surface area contributed by atoms with E-state index in [1.165, 1.54) is 13.0 Å². The normalized spacial score (nSPS) is 19.3. The largest absolute Gasteiger partial charge is 0.299 e. The molecular formula is C23H22O3. The lowest BCUT2D eigenvalue weighted by Gasteiger charge is -2.31. The van der Waals surface area contributed by atoms with Gasteiger partial charge in [0.1, 0.15) is 11.2 Å². The minimum Gasteiger partial charge on any atom is -0.299 e. The van der Waals surface area contributed by atoms with Crippen molar-refractivity contribution in [3.63, 3.8) is 0 Å². The summed E-state index contributed by atoms with van der Waals surface area (Å²) in [6.07, 6.45) is 5.05. The molecule has 0 aromatic heterocycles. The fourth-order valence-corrected chi connectivity index (χ4v) is 3.49. The Morgan fingerprint density at radius 3 is 2.46 bits per heavy atom. The molecular weight excluding hydrogens is 324 g/mol. The van der Waals surface area contributed by atoms with Crippen molar-refractivity contribution in [1.29, 1.82) is 0 Å². The molecule has 0 spiro atoms. The van der Waals surface area contributed by atoms with Gasteiger partial charge in [0, 0.05) is 12.0 Å². The number of allylic oxidation sites excluding steroid dienone is 2. The van der Waals surface area contributed by atoms with Gasteiger partial charge >= 0.3 is 0 Å². The first-order chi connectivity index (χ1) is 12.5. The quantitative estimate of drug-likeness (QED) is 0.583. The molecule has 0 saturated heterocycles. The van der Waals surface area contributed by atoms with Crippen LogP contribution in [0, 0.1) is 5.41 Å². The average Bonchev–Trinajstić information content (AvgIpc) is 2.67. The molecule has 0 bridgehead atoms. The Labute approximate surface area is 153 Å². The van der Waals surface area contributed by atoms with Crippen LogP contribution in [0.15, 0.2) is 66.7 Å². The van der Waals surface area contributed by atoms with E-state index in [4.69, 9.17) is 0 Å². The van der Waals surface area contributed by atoms with Gasteiger partial charge in [-0.25, -0.2) is 0 Å². The molecule has 132 valence electrons. The second-order valence-electron chi connectivity index (χ2n) is 6.80. The minimum atomic E-state index is -1.21. The fraction of sp³-hybridized carbons (Fsp3) is 0.261. The molecule has 0 heterocycles. The van der Waals surface area contributed by atoms with Crippen LogP contribution in [0.25, 0.3) is 0 Å². The van der Waals surface area contributed by atoms with Gasteiger partial charge < -0.3 is 0 Å². The van der Waals surface area contributed by atoms with E-state index >= 15 is 0 Å². The van der Waals surface area contributed by atoms with Crippen molar-refractivity contribution < 1.29 is 14.4 Å². The topological polar surface area (TPSA) is 51.2 Å². The molecule has 0 radical (unpaired) electrons. The molecule has 0 saturated carbocycles. The number of fused-ring (bicyclic) bond motifs is 1. The van der Waals surface area contributed by atoms with Crippen molar-refractivity contribution in [2.75, 3.05) is 0 Å². The first-order valence-electron chi connectivity index (χ1n) is 8.93. The van der Waals surface area contributed by atoms with Gasteiger partial charge in [0.15, 0.2) is 11.6 Å². The Bertz CT molecular complexity index is 864. The lowest BCUT2D eigenvalue weighted by Crippen LogP contribution is -2.40. The zero-order valence-corrected chi connectivity index (χ0v) is 14.9. The zero-order chi connectivity index (χ0) is 18.6. The van der Waals surface area contributed by atoms with Crippen LogP contribution in [-0.2, 0) is 22.4 Å². The van der Waals surface area contributed by atoms with Crippen LogP contribution in [0.3, 0.4) is 0 Å². The Morgan fingerprint density at radius 2 is 1.73 bits per heavy atom. The Balaban J connectivity index is 1.76. The van der Waals surface area contributed by atoms with E-state index in [2.05, 4.69) is 0 Å². The van der Waals surface area contributed by atoms with Crippen LogP contribution < -0.4 is 0 Å². The van der Waals surface area contributed by atoms with Gasteiger partial charge in [0.25, 0.3) is 0 Å². The van der Waals surface area contributed by atoms with Gasteiger partial charge in [0.05, 0.1) is 0 Å². The lowest BCUT2D eigenvalue weighted by atomic mass is 9.68. The number of aryl methyl sites for hydroxylation is 2. The number of benzene rings is 2. The Hall–Kier alpha value is -2.81. The van der Waals surface area contributed by atoms with E-state index in [1.54, 1.807) is 12.1 Å². The highest BCUT2D eigenvalue weighted by Crippen LogP contribution is 2.37. The standard InChI is InChI=1S/C23H22O3/c1-17(24)23(15-13-19-9-5-6-10-21(19)22(23)26)16-14-20(25)12-11-18-7-3-2-4-8-18/h2-10,14,16H,11-13,15H2,1H3/b16-14+/t23-/m0/s1. The third kappa shape index (κ3) is 3.57. The summed E-state index contributed by atoms with van der Waals surface area (Å²) < 4.78 is 0. The maximum atomic E-state index is 13.0. The van der Waals surface area contributed by atoms with Crippen LogP contribution in [0.1, 0.15) is 41.3 Å². The van der Waals surface area contributed by atoms with Gasteiger partial charge in [-0.3, -0.25) is 14.4 Å². The van der Waals surface area contributed by atoms with Crippen molar-refractivity contribution >= 4 is 17.3 Å². The summed E-state index contributed by atoms with van der Waals surface area (Å²) in [5.74, 6) is -0.468. The third-order valence-electron chi connectivity index (χ3n) is 5.14. The molecule has 1 atom stereocenters. The monoisotopic (exact) mass is 346 g/mol. The highest BCUT2D eigenvalue weighted by Gasteiger charge is 2.44. The van der Waals surface area contributed by atoms with Crippen molar-refractivity contribution in [3.05, 3.63) is 83.4 Å². The summed E-state index contributed by atoms with van der Waals surface area (Å²) in [6.45, 7) is 1.44. The Kier molecular flexibility index (Phi) is 5.27. The minimum absolute atomic E-state index is 0.0684. The molecule has 3 nitrogen and oxygen atoms in total. The molecule has 0 N–H and O–H groups in total. The molecule has 2 aromatic carbocycles. The Morgan fingerprint density at radius 1 is 1.04 bits per heavy atom. The summed E-state index contributed by atoms with van der Waals surface area (Å²) in [5.41, 5.74) is 1.45. The van der Waals surface area contributed by atoms with Gasteiger partial charge in [0.2, 0.25) is 0 Å². The zero-order valence-electron chi connectivity index (χ0n) is 14.9. The molecule has 2 aromatic rings. The van der Waals surface area contributed by atoms with Gasteiger partial charge in [-0.1, -0.05) is 60.7 Å². The molecule has 3 heteroatoms. The third-order valence-corrected chi connectivity index (χ3v) is 5.14. The van der Waals surface area contributed by atoms with Crippen molar-refractivity contribution in [2.24, 2.45) is 5.41 Å². The van der Waals surface area contributed by atoms with Crippen molar-refractivity contribution in [3.8, 4) is 0 Å². The second-order valence-corrected chi connectivity index (χ2v) is 6.80. The number of carbonyl (C=O) groups is 3. The predicted molar refractivity (Wildman–Crippen MR) is 101 cm³/mol. The van der Waals surface area contributed by atoms with Crippen LogP contribution in [-0.4, -0.2) is 17.3 Å². The SMILES string of the molecule is CC(=O)[C@@]1(/C=C/C(=O)CCc2ccccc2)CCc2ccccc2C1=O. The highest BCUT2D eigenvalue weighted by atomic mass is 16.2. The summed E-state index contributed by atoms with van der Waals surface area (Å²) in [6, 6.07) is 17.2. The van der Waals surface area contributed by atoms with Crippen LogP contribution in [0.2, 0.25) is 0 Å². The summed E-state index contributed by atoms with van der Waals surface area (Å²) >= 11 is 0. The van der Waals surface area contributed by atoms with E-state index in [1.807, 2.05) is 48.5 Å². The predicted octanol–water partition coefficient (Wildman–Crippen LogP) is 4.15. The number of carbonyl (C=O) groups excluding carboxylic acids is 3. The fourth-order valence-electron chi connectivity index (χ4n) is 3.49. The molecule has 3 rings (SSSR count). The maximum Gasteiger partial charge on any atom is 0.180 e. The van der Waals surface area contributed by atoms with Crippen molar-refractivity contribution in [2.45, 2.75) is 32.6 Å². The number of hydrogen-bond acceptors (Lipinski definition) is 3. The first-order valence-corrected chi connectivity index (χ1v) is 8.93. The number of rotatable bonds is 6. The summed E-state index contributed by atoms with van der Waals surface area (Å²) in [5, 5.41) is 0. The molecule has 0 aliphatic heterocycles. The van der Waals surface area contributed by atoms with Gasteiger partial charge in [-0.15, -0.1) is 0 Å². The molecule has 0 unspecified atom stereocenters. The molecule has 1 aliphatic rings. The smallest absolute Gasteiger partial charge is 0.180 e. The average molecular weight is 346 g/mol. The van der Waals surface area contributed by atoms with E-state index in [0.717, 1.165) is 11.1 Å². The van der Waals surface area contributed by atoms with Crippen LogP contribution in [0.4, 0.5) is 0 Å². The molecule has 0 fully saturated rings. The van der Waals surface area contributed by atoms with E-state index in [-0.39, 0.29) is 17.3 Å². The number of Topliss-reactive ketones (excluding diaryl/α,β-unsaturated/α-hetero) is 2. The van der Waals surface area contributed by atoms with E-state index in [9.17, 15) is 14.4 Å². The van der Waals surface area contributed by atoms with Gasteiger partial charge in [-0.05, 0) is 43.4 Å². The van der Waals surface area contributed by atoms with E-state index < -0.39 is 5.41 Å². The van der Waals surface area contributed by atoms with Crippen LogP contribution in [0.5, 0.6) is 0 Å². The van der Waals surface area contributed by atoms with Crippen LogP contribution >= 0.6 is 0 Å². The number of ketones is 3. The van der Waals surface area contributed by atoms with Crippen molar-refractivity contribution in [1.82, 2.24) is 0 Å². The highest BCUT2D eigenvalue weighted by molar-refractivity contribution is 6.17. The van der Waals surface area contributed by atoms with E-state index in [0.29, 0.717) is 31.2 Å².